The number of amides is 2. The summed E-state index contributed by atoms with van der Waals surface area (Å²) in [5, 5.41) is 12.7. The van der Waals surface area contributed by atoms with Crippen LogP contribution in [0.25, 0.3) is 0 Å². The molecular formula is C14H19N3OS. The van der Waals surface area contributed by atoms with Gasteiger partial charge in [0.25, 0.3) is 0 Å². The molecule has 1 aromatic rings. The van der Waals surface area contributed by atoms with E-state index < -0.39 is 0 Å². The number of thiophene rings is 1. The maximum Gasteiger partial charge on any atom is 0.322 e. The highest BCUT2D eigenvalue weighted by Gasteiger charge is 2.22. The molecule has 0 unspecified atom stereocenters. The van der Waals surface area contributed by atoms with E-state index in [4.69, 9.17) is 5.26 Å². The Kier molecular flexibility index (Phi) is 4.11. The van der Waals surface area contributed by atoms with Gasteiger partial charge in [0.05, 0.1) is 5.56 Å². The standard InChI is InChI=1S/C14H19N3OS/c1-9-4-6-17(7-5-9)14(18)16-13-12(8-15)10(2)11(3)19-13/h9H,4-7H2,1-3H3,(H,16,18). The molecule has 0 spiro atoms. The van der Waals surface area contributed by atoms with Gasteiger partial charge in [-0.15, -0.1) is 11.3 Å². The van der Waals surface area contributed by atoms with E-state index in [-0.39, 0.29) is 6.03 Å². The van der Waals surface area contributed by atoms with Crippen molar-refractivity contribution in [1.29, 1.82) is 5.26 Å². The highest BCUT2D eigenvalue weighted by Crippen LogP contribution is 2.32. The van der Waals surface area contributed by atoms with E-state index in [2.05, 4.69) is 18.3 Å². The fraction of sp³-hybridized carbons (Fsp3) is 0.571. The molecule has 0 atom stereocenters. The summed E-state index contributed by atoms with van der Waals surface area (Å²) in [6, 6.07) is 2.10. The quantitative estimate of drug-likeness (QED) is 0.854. The zero-order chi connectivity index (χ0) is 14.0. The van der Waals surface area contributed by atoms with Crippen molar-refractivity contribution >= 4 is 22.4 Å². The highest BCUT2D eigenvalue weighted by atomic mass is 32.1. The molecule has 0 aliphatic carbocycles. The van der Waals surface area contributed by atoms with Crippen LogP contribution in [0.4, 0.5) is 9.80 Å². The van der Waals surface area contributed by atoms with E-state index in [0.29, 0.717) is 16.5 Å². The molecular weight excluding hydrogens is 258 g/mol. The number of urea groups is 1. The molecule has 1 N–H and O–H groups in total. The average Bonchev–Trinajstić information content (AvgIpc) is 2.65. The van der Waals surface area contributed by atoms with Crippen molar-refractivity contribution < 1.29 is 4.79 Å². The Bertz CT molecular complexity index is 522. The van der Waals surface area contributed by atoms with Crippen LogP contribution in [0.2, 0.25) is 0 Å². The summed E-state index contributed by atoms with van der Waals surface area (Å²) in [7, 11) is 0. The summed E-state index contributed by atoms with van der Waals surface area (Å²) in [6.45, 7) is 7.72. The normalized spacial score (nSPS) is 16.2. The molecule has 1 fully saturated rings. The van der Waals surface area contributed by atoms with Gasteiger partial charge >= 0.3 is 6.03 Å². The van der Waals surface area contributed by atoms with Gasteiger partial charge in [-0.25, -0.2) is 4.79 Å². The van der Waals surface area contributed by atoms with Crippen molar-refractivity contribution in [2.45, 2.75) is 33.6 Å². The lowest BCUT2D eigenvalue weighted by atomic mass is 10.00. The van der Waals surface area contributed by atoms with Crippen molar-refractivity contribution in [1.82, 2.24) is 4.90 Å². The monoisotopic (exact) mass is 277 g/mol. The molecule has 2 rings (SSSR count). The first kappa shape index (κ1) is 13.9. The zero-order valence-corrected chi connectivity index (χ0v) is 12.4. The molecule has 5 heteroatoms. The van der Waals surface area contributed by atoms with Gasteiger partial charge in [0, 0.05) is 18.0 Å². The van der Waals surface area contributed by atoms with Crippen LogP contribution in [-0.2, 0) is 0 Å². The van der Waals surface area contributed by atoms with Crippen LogP contribution >= 0.6 is 11.3 Å². The Hall–Kier alpha value is -1.54. The average molecular weight is 277 g/mol. The van der Waals surface area contributed by atoms with Crippen LogP contribution in [0.3, 0.4) is 0 Å². The van der Waals surface area contributed by atoms with Crippen LogP contribution in [0.1, 0.15) is 35.8 Å². The molecule has 2 heterocycles. The minimum atomic E-state index is -0.0790. The smallest absolute Gasteiger partial charge is 0.322 e. The third-order valence-corrected chi connectivity index (χ3v) is 4.91. The number of hydrogen-bond acceptors (Lipinski definition) is 3. The summed E-state index contributed by atoms with van der Waals surface area (Å²) in [5.41, 5.74) is 1.57. The topological polar surface area (TPSA) is 56.1 Å². The van der Waals surface area contributed by atoms with Crippen LogP contribution < -0.4 is 5.32 Å². The van der Waals surface area contributed by atoms with Gasteiger partial charge in [0.2, 0.25) is 0 Å². The second-order valence-electron chi connectivity index (χ2n) is 5.20. The van der Waals surface area contributed by atoms with Gasteiger partial charge < -0.3 is 4.90 Å². The number of carbonyl (C=O) groups excluding carboxylic acids is 1. The molecule has 0 bridgehead atoms. The molecule has 19 heavy (non-hydrogen) atoms. The van der Waals surface area contributed by atoms with E-state index in [1.807, 2.05) is 18.7 Å². The molecule has 2 amide bonds. The first-order valence-corrected chi connectivity index (χ1v) is 7.40. The third-order valence-electron chi connectivity index (χ3n) is 3.79. The second kappa shape index (κ2) is 5.62. The Morgan fingerprint density at radius 2 is 2.05 bits per heavy atom. The highest BCUT2D eigenvalue weighted by molar-refractivity contribution is 7.16. The molecule has 0 aromatic carbocycles. The maximum absolute atomic E-state index is 12.2. The number of likely N-dealkylation sites (tertiary alicyclic amines) is 1. The number of nitrogens with zero attached hydrogens (tertiary/aromatic N) is 2. The number of hydrogen-bond donors (Lipinski definition) is 1. The lowest BCUT2D eigenvalue weighted by molar-refractivity contribution is 0.186. The van der Waals surface area contributed by atoms with Gasteiger partial charge in [0.1, 0.15) is 11.1 Å². The van der Waals surface area contributed by atoms with Crippen LogP contribution in [0, 0.1) is 31.1 Å². The van der Waals surface area contributed by atoms with E-state index in [0.717, 1.165) is 36.4 Å². The minimum absolute atomic E-state index is 0.0790. The van der Waals surface area contributed by atoms with Crippen molar-refractivity contribution in [2.75, 3.05) is 18.4 Å². The van der Waals surface area contributed by atoms with Crippen molar-refractivity contribution in [2.24, 2.45) is 5.92 Å². The largest absolute Gasteiger partial charge is 0.324 e. The molecule has 102 valence electrons. The zero-order valence-electron chi connectivity index (χ0n) is 11.6. The fourth-order valence-electron chi connectivity index (χ4n) is 2.24. The van der Waals surface area contributed by atoms with Gasteiger partial charge in [-0.1, -0.05) is 6.92 Å². The van der Waals surface area contributed by atoms with E-state index in [1.165, 1.54) is 11.3 Å². The summed E-state index contributed by atoms with van der Waals surface area (Å²) >= 11 is 1.48. The number of nitriles is 1. The molecule has 1 saturated heterocycles. The Balaban J connectivity index is 2.07. The van der Waals surface area contributed by atoms with E-state index in [1.54, 1.807) is 0 Å². The van der Waals surface area contributed by atoms with Crippen LogP contribution in [0.15, 0.2) is 0 Å². The summed E-state index contributed by atoms with van der Waals surface area (Å²) in [4.78, 5) is 15.1. The Labute approximate surface area is 118 Å². The first-order chi connectivity index (χ1) is 9.02. The SMILES string of the molecule is Cc1sc(NC(=O)N2CCC(C)CC2)c(C#N)c1C. The molecule has 0 radical (unpaired) electrons. The first-order valence-electron chi connectivity index (χ1n) is 6.59. The fourth-order valence-corrected chi connectivity index (χ4v) is 3.24. The van der Waals surface area contributed by atoms with Crippen LogP contribution in [-0.4, -0.2) is 24.0 Å². The van der Waals surface area contributed by atoms with Crippen LogP contribution in [0.5, 0.6) is 0 Å². The summed E-state index contributed by atoms with van der Waals surface area (Å²) < 4.78 is 0. The van der Waals surface area contributed by atoms with E-state index in [9.17, 15) is 4.79 Å². The summed E-state index contributed by atoms with van der Waals surface area (Å²) in [6.07, 6.45) is 2.11. The number of anilines is 1. The van der Waals surface area contributed by atoms with E-state index >= 15 is 0 Å². The Morgan fingerprint density at radius 3 is 2.63 bits per heavy atom. The predicted molar refractivity (Wildman–Crippen MR) is 77.5 cm³/mol. The van der Waals surface area contributed by atoms with Gasteiger partial charge in [-0.3, -0.25) is 5.32 Å². The number of aryl methyl sites for hydroxylation is 1. The van der Waals surface area contributed by atoms with Crippen molar-refractivity contribution in [3.63, 3.8) is 0 Å². The van der Waals surface area contributed by atoms with Gasteiger partial charge in [-0.2, -0.15) is 5.26 Å². The van der Waals surface area contributed by atoms with Gasteiger partial charge in [-0.05, 0) is 38.2 Å². The Morgan fingerprint density at radius 1 is 1.42 bits per heavy atom. The predicted octanol–water partition coefficient (Wildman–Crippen LogP) is 3.50. The molecule has 1 aliphatic heterocycles. The maximum atomic E-state index is 12.2. The number of carbonyl (C=O) groups is 1. The molecule has 1 aromatic heterocycles. The molecule has 1 aliphatic rings. The minimum Gasteiger partial charge on any atom is -0.324 e. The summed E-state index contributed by atoms with van der Waals surface area (Å²) in [5.74, 6) is 0.699. The number of nitrogens with one attached hydrogen (secondary N) is 1. The molecule has 0 saturated carbocycles. The van der Waals surface area contributed by atoms with Gasteiger partial charge in [0.15, 0.2) is 0 Å². The van der Waals surface area contributed by atoms with Crippen molar-refractivity contribution in [3.05, 3.63) is 16.0 Å². The number of rotatable bonds is 1. The lowest BCUT2D eigenvalue weighted by Gasteiger charge is -2.30. The van der Waals surface area contributed by atoms with Crippen molar-refractivity contribution in [3.8, 4) is 6.07 Å². The number of piperidine rings is 1. The second-order valence-corrected chi connectivity index (χ2v) is 6.42. The lowest BCUT2D eigenvalue weighted by Crippen LogP contribution is -2.40. The molecule has 4 nitrogen and oxygen atoms in total. The third kappa shape index (κ3) is 2.90.